The van der Waals surface area contributed by atoms with Gasteiger partial charge in [-0.05, 0) is 65.7 Å². The van der Waals surface area contributed by atoms with E-state index in [9.17, 15) is 0 Å². The normalized spacial score (nSPS) is 12.6. The van der Waals surface area contributed by atoms with Crippen LogP contribution in [-0.4, -0.2) is 16.3 Å². The Morgan fingerprint density at radius 2 is 2.20 bits per heavy atom. The van der Waals surface area contributed by atoms with E-state index >= 15 is 0 Å². The minimum absolute atomic E-state index is 0.324. The van der Waals surface area contributed by atoms with Crippen molar-refractivity contribution >= 4 is 34.2 Å². The maximum Gasteiger partial charge on any atom is 0.0542 e. The van der Waals surface area contributed by atoms with Crippen molar-refractivity contribution in [2.45, 2.75) is 25.8 Å². The number of hydrogen-bond donors (Lipinski definition) is 1. The molecule has 0 bridgehead atoms. The molecule has 3 nitrogen and oxygen atoms in total. The summed E-state index contributed by atoms with van der Waals surface area (Å²) in [5.41, 5.74) is 2.50. The Morgan fingerprint density at radius 3 is 2.80 bits per heavy atom. The van der Waals surface area contributed by atoms with Crippen LogP contribution in [0.5, 0.6) is 0 Å². The average molecular weight is 404 g/mol. The summed E-state index contributed by atoms with van der Waals surface area (Å²) >= 11 is 8.49. The topological polar surface area (TPSA) is 29.9 Å². The van der Waals surface area contributed by atoms with E-state index in [4.69, 9.17) is 11.6 Å². The second-order valence-corrected chi connectivity index (χ2v) is 6.34. The van der Waals surface area contributed by atoms with E-state index in [0.29, 0.717) is 6.04 Å². The second kappa shape index (κ2) is 7.43. The van der Waals surface area contributed by atoms with Crippen LogP contribution in [0.4, 0.5) is 0 Å². The molecular weight excluding hydrogens is 385 g/mol. The van der Waals surface area contributed by atoms with Crippen molar-refractivity contribution in [2.75, 3.05) is 6.54 Å². The number of aryl methyl sites for hydroxylation is 2. The Hall–Kier alpha value is -0.590. The molecule has 2 aromatic rings. The van der Waals surface area contributed by atoms with Gasteiger partial charge in [0.05, 0.1) is 5.02 Å². The smallest absolute Gasteiger partial charge is 0.0542 e. The predicted molar refractivity (Wildman–Crippen MR) is 92.1 cm³/mol. The van der Waals surface area contributed by atoms with Crippen LogP contribution < -0.4 is 5.32 Å². The summed E-state index contributed by atoms with van der Waals surface area (Å²) in [7, 11) is 1.99. The first kappa shape index (κ1) is 15.8. The van der Waals surface area contributed by atoms with Gasteiger partial charge in [0, 0.05) is 28.6 Å². The Labute approximate surface area is 138 Å². The SMILES string of the molecule is CCNC(CCc1ccnn1C)c1ccc(I)c(Cl)c1. The number of benzene rings is 1. The molecule has 1 N–H and O–H groups in total. The first-order valence-electron chi connectivity index (χ1n) is 6.77. The fraction of sp³-hybridized carbons (Fsp3) is 0.400. The number of nitrogens with one attached hydrogen (secondary N) is 1. The molecule has 1 unspecified atom stereocenters. The van der Waals surface area contributed by atoms with E-state index in [0.717, 1.165) is 28.0 Å². The van der Waals surface area contributed by atoms with Crippen LogP contribution in [0.3, 0.4) is 0 Å². The lowest BCUT2D eigenvalue weighted by atomic mass is 10.0. The third kappa shape index (κ3) is 3.96. The molecule has 1 heterocycles. The lowest BCUT2D eigenvalue weighted by Crippen LogP contribution is -2.22. The van der Waals surface area contributed by atoms with Crippen molar-refractivity contribution in [1.29, 1.82) is 0 Å². The van der Waals surface area contributed by atoms with Gasteiger partial charge in [0.15, 0.2) is 0 Å². The Kier molecular flexibility index (Phi) is 5.86. The van der Waals surface area contributed by atoms with Crippen molar-refractivity contribution in [3.8, 4) is 0 Å². The van der Waals surface area contributed by atoms with E-state index in [1.807, 2.05) is 17.9 Å². The Bertz CT molecular complexity index is 568. The lowest BCUT2D eigenvalue weighted by Gasteiger charge is -2.19. The van der Waals surface area contributed by atoms with Crippen LogP contribution >= 0.6 is 34.2 Å². The van der Waals surface area contributed by atoms with E-state index in [-0.39, 0.29) is 0 Å². The predicted octanol–water partition coefficient (Wildman–Crippen LogP) is 3.96. The third-order valence-electron chi connectivity index (χ3n) is 3.41. The molecule has 0 saturated carbocycles. The molecule has 2 rings (SSSR count). The standard InChI is InChI=1S/C15H19ClIN3/c1-3-18-15(7-5-12-8-9-19-20(12)2)11-4-6-14(17)13(16)10-11/h4,6,8-10,15,18H,3,5,7H2,1-2H3. The van der Waals surface area contributed by atoms with Gasteiger partial charge in [-0.15, -0.1) is 0 Å². The van der Waals surface area contributed by atoms with E-state index in [1.165, 1.54) is 11.3 Å². The lowest BCUT2D eigenvalue weighted by molar-refractivity contribution is 0.506. The van der Waals surface area contributed by atoms with Crippen LogP contribution in [0.15, 0.2) is 30.5 Å². The maximum absolute atomic E-state index is 6.23. The maximum atomic E-state index is 6.23. The van der Waals surface area contributed by atoms with Crippen LogP contribution in [0.2, 0.25) is 5.02 Å². The highest BCUT2D eigenvalue weighted by atomic mass is 127. The zero-order valence-corrected chi connectivity index (χ0v) is 14.6. The van der Waals surface area contributed by atoms with Gasteiger partial charge in [0.25, 0.3) is 0 Å². The number of hydrogen-bond acceptors (Lipinski definition) is 2. The Balaban J connectivity index is 2.10. The quantitative estimate of drug-likeness (QED) is 0.740. The first-order chi connectivity index (χ1) is 9.61. The van der Waals surface area contributed by atoms with Gasteiger partial charge in [0.2, 0.25) is 0 Å². The molecule has 1 aromatic heterocycles. The summed E-state index contributed by atoms with van der Waals surface area (Å²) in [6.07, 6.45) is 3.88. The zero-order chi connectivity index (χ0) is 14.5. The second-order valence-electron chi connectivity index (χ2n) is 4.77. The molecule has 0 radical (unpaired) electrons. The van der Waals surface area contributed by atoms with Crippen molar-refractivity contribution in [2.24, 2.45) is 7.05 Å². The zero-order valence-electron chi connectivity index (χ0n) is 11.7. The molecule has 1 aromatic carbocycles. The van der Waals surface area contributed by atoms with Crippen molar-refractivity contribution in [1.82, 2.24) is 15.1 Å². The van der Waals surface area contributed by atoms with E-state index in [2.05, 4.69) is 64.2 Å². The first-order valence-corrected chi connectivity index (χ1v) is 8.22. The molecule has 0 amide bonds. The molecule has 0 aliphatic rings. The van der Waals surface area contributed by atoms with Crippen molar-refractivity contribution in [3.63, 3.8) is 0 Å². The molecule has 0 spiro atoms. The summed E-state index contributed by atoms with van der Waals surface area (Å²) in [6, 6.07) is 8.70. The van der Waals surface area contributed by atoms with Gasteiger partial charge in [0.1, 0.15) is 0 Å². The highest BCUT2D eigenvalue weighted by Crippen LogP contribution is 2.25. The van der Waals surface area contributed by atoms with Gasteiger partial charge >= 0.3 is 0 Å². The van der Waals surface area contributed by atoms with Crippen molar-refractivity contribution < 1.29 is 0 Å². The van der Waals surface area contributed by atoms with E-state index in [1.54, 1.807) is 0 Å². The molecule has 108 valence electrons. The minimum Gasteiger partial charge on any atom is -0.310 e. The van der Waals surface area contributed by atoms with Crippen LogP contribution in [0, 0.1) is 3.57 Å². The molecule has 0 saturated heterocycles. The minimum atomic E-state index is 0.324. The largest absolute Gasteiger partial charge is 0.310 e. The van der Waals surface area contributed by atoms with Gasteiger partial charge in [-0.2, -0.15) is 5.10 Å². The van der Waals surface area contributed by atoms with Crippen LogP contribution in [-0.2, 0) is 13.5 Å². The molecule has 0 aliphatic carbocycles. The fourth-order valence-electron chi connectivity index (χ4n) is 2.30. The summed E-state index contributed by atoms with van der Waals surface area (Å²) in [5, 5.41) is 8.58. The van der Waals surface area contributed by atoms with Crippen LogP contribution in [0.1, 0.15) is 30.6 Å². The fourth-order valence-corrected chi connectivity index (χ4v) is 2.83. The van der Waals surface area contributed by atoms with Gasteiger partial charge in [-0.1, -0.05) is 24.6 Å². The molecule has 0 fully saturated rings. The Morgan fingerprint density at radius 1 is 1.40 bits per heavy atom. The summed E-state index contributed by atoms with van der Waals surface area (Å²) in [6.45, 7) is 3.07. The van der Waals surface area contributed by atoms with Gasteiger partial charge < -0.3 is 5.32 Å². The molecular formula is C15H19ClIN3. The van der Waals surface area contributed by atoms with Crippen molar-refractivity contribution in [3.05, 3.63) is 50.3 Å². The van der Waals surface area contributed by atoms with Gasteiger partial charge in [-0.25, -0.2) is 0 Å². The van der Waals surface area contributed by atoms with Gasteiger partial charge in [-0.3, -0.25) is 4.68 Å². The van der Waals surface area contributed by atoms with E-state index < -0.39 is 0 Å². The number of halogens is 2. The molecule has 5 heteroatoms. The highest BCUT2D eigenvalue weighted by Gasteiger charge is 2.12. The summed E-state index contributed by atoms with van der Waals surface area (Å²) in [5.74, 6) is 0. The summed E-state index contributed by atoms with van der Waals surface area (Å²) in [4.78, 5) is 0. The van der Waals surface area contributed by atoms with Crippen LogP contribution in [0.25, 0.3) is 0 Å². The number of rotatable bonds is 6. The molecule has 0 aliphatic heterocycles. The number of nitrogens with zero attached hydrogens (tertiary/aromatic N) is 2. The number of aromatic nitrogens is 2. The monoisotopic (exact) mass is 403 g/mol. The summed E-state index contributed by atoms with van der Waals surface area (Å²) < 4.78 is 3.03. The highest BCUT2D eigenvalue weighted by molar-refractivity contribution is 14.1. The third-order valence-corrected chi connectivity index (χ3v) is 4.98. The molecule has 1 atom stereocenters. The molecule has 20 heavy (non-hydrogen) atoms. The average Bonchev–Trinajstić information content (AvgIpc) is 2.83.